The first-order valence-electron chi connectivity index (χ1n) is 5.49. The molecule has 0 aliphatic rings. The molecule has 5 heteroatoms. The zero-order chi connectivity index (χ0) is 14.0. The van der Waals surface area contributed by atoms with Gasteiger partial charge in [-0.3, -0.25) is 4.79 Å². The van der Waals surface area contributed by atoms with Gasteiger partial charge in [-0.15, -0.1) is 0 Å². The lowest BCUT2D eigenvalue weighted by Gasteiger charge is -2.05. The Morgan fingerprint density at radius 1 is 1.00 bits per heavy atom. The van der Waals surface area contributed by atoms with Gasteiger partial charge in [-0.25, -0.2) is 13.2 Å². The molecule has 0 atom stereocenters. The van der Waals surface area contributed by atoms with Crippen molar-refractivity contribution in [3.63, 3.8) is 0 Å². The molecule has 2 aromatic rings. The predicted octanol–water partition coefficient (Wildman–Crippen LogP) is 3.11. The number of hydrogen-bond acceptors (Lipinski definition) is 2. The Hall–Kier alpha value is -2.30. The molecule has 0 aliphatic carbocycles. The summed E-state index contributed by atoms with van der Waals surface area (Å²) in [6.45, 7) is 0. The zero-order valence-corrected chi connectivity index (χ0v) is 9.79. The van der Waals surface area contributed by atoms with Crippen LogP contribution in [0.1, 0.15) is 15.9 Å². The number of Topliss-reactive ketones (excluding diaryl/α,β-unsaturated/α-hetero) is 1. The topological polar surface area (TPSA) is 43.1 Å². The molecule has 0 spiro atoms. The van der Waals surface area contributed by atoms with Crippen LogP contribution in [0, 0.1) is 17.5 Å². The summed E-state index contributed by atoms with van der Waals surface area (Å²) in [5, 5.41) is 0. The minimum atomic E-state index is -0.835. The maximum Gasteiger partial charge on any atom is 0.170 e. The number of nitrogens with two attached hydrogens (primary N) is 1. The summed E-state index contributed by atoms with van der Waals surface area (Å²) in [6.07, 6.45) is -0.355. The number of hydrogen-bond donors (Lipinski definition) is 1. The molecule has 0 bridgehead atoms. The highest BCUT2D eigenvalue weighted by Gasteiger charge is 2.15. The number of carbonyl (C=O) groups is 1. The van der Waals surface area contributed by atoms with Gasteiger partial charge >= 0.3 is 0 Å². The standard InChI is InChI=1S/C14H10F3NO/c15-9-2-1-8(13(17)6-9)5-14(19)11-7-10(18)3-4-12(11)16/h1-4,6-7H,5,18H2. The molecule has 0 amide bonds. The molecule has 0 saturated heterocycles. The summed E-state index contributed by atoms with van der Waals surface area (Å²) < 4.78 is 39.6. The van der Waals surface area contributed by atoms with E-state index in [1.807, 2.05) is 0 Å². The van der Waals surface area contributed by atoms with Gasteiger partial charge in [0.05, 0.1) is 5.56 Å². The SMILES string of the molecule is Nc1ccc(F)c(C(=O)Cc2ccc(F)cc2F)c1. The van der Waals surface area contributed by atoms with E-state index < -0.39 is 23.2 Å². The van der Waals surface area contributed by atoms with Crippen LogP contribution in [-0.4, -0.2) is 5.78 Å². The Labute approximate surface area is 107 Å². The Balaban J connectivity index is 2.28. The van der Waals surface area contributed by atoms with Gasteiger partial charge in [0.25, 0.3) is 0 Å². The molecular weight excluding hydrogens is 255 g/mol. The van der Waals surface area contributed by atoms with Crippen molar-refractivity contribution in [3.8, 4) is 0 Å². The number of benzene rings is 2. The van der Waals surface area contributed by atoms with Crippen LogP contribution in [0.5, 0.6) is 0 Å². The van der Waals surface area contributed by atoms with Crippen molar-refractivity contribution >= 4 is 11.5 Å². The van der Waals surface area contributed by atoms with Gasteiger partial charge in [0.2, 0.25) is 0 Å². The minimum Gasteiger partial charge on any atom is -0.399 e. The van der Waals surface area contributed by atoms with Crippen molar-refractivity contribution in [2.75, 3.05) is 5.73 Å². The molecule has 0 aromatic heterocycles. The maximum atomic E-state index is 13.5. The molecule has 0 fully saturated rings. The third kappa shape index (κ3) is 2.93. The third-order valence-corrected chi connectivity index (χ3v) is 2.66. The number of rotatable bonds is 3. The average Bonchev–Trinajstić information content (AvgIpc) is 2.35. The van der Waals surface area contributed by atoms with Crippen molar-refractivity contribution < 1.29 is 18.0 Å². The Bertz CT molecular complexity index is 641. The van der Waals surface area contributed by atoms with Gasteiger partial charge in [0.1, 0.15) is 17.5 Å². The Morgan fingerprint density at radius 2 is 1.74 bits per heavy atom. The first-order valence-corrected chi connectivity index (χ1v) is 5.49. The number of halogens is 3. The molecule has 19 heavy (non-hydrogen) atoms. The average molecular weight is 265 g/mol. The van der Waals surface area contributed by atoms with Crippen LogP contribution >= 0.6 is 0 Å². The fourth-order valence-corrected chi connectivity index (χ4v) is 1.69. The molecule has 98 valence electrons. The second-order valence-electron chi connectivity index (χ2n) is 4.07. The van der Waals surface area contributed by atoms with E-state index in [0.29, 0.717) is 6.07 Å². The lowest BCUT2D eigenvalue weighted by Crippen LogP contribution is -2.08. The summed E-state index contributed by atoms with van der Waals surface area (Å²) in [4.78, 5) is 11.9. The highest BCUT2D eigenvalue weighted by Crippen LogP contribution is 2.17. The van der Waals surface area contributed by atoms with Crippen molar-refractivity contribution in [2.45, 2.75) is 6.42 Å². The summed E-state index contributed by atoms with van der Waals surface area (Å²) in [6, 6.07) is 6.47. The van der Waals surface area contributed by atoms with E-state index in [-0.39, 0.29) is 23.2 Å². The van der Waals surface area contributed by atoms with Crippen LogP contribution in [0.3, 0.4) is 0 Å². The normalized spacial score (nSPS) is 10.5. The summed E-state index contributed by atoms with van der Waals surface area (Å²) in [7, 11) is 0. The minimum absolute atomic E-state index is 0.00762. The Kier molecular flexibility index (Phi) is 3.55. The summed E-state index contributed by atoms with van der Waals surface area (Å²) in [5.41, 5.74) is 5.51. The lowest BCUT2D eigenvalue weighted by molar-refractivity contribution is 0.0988. The summed E-state index contributed by atoms with van der Waals surface area (Å²) >= 11 is 0. The second-order valence-corrected chi connectivity index (χ2v) is 4.07. The van der Waals surface area contributed by atoms with E-state index in [0.717, 1.165) is 18.2 Å². The van der Waals surface area contributed by atoms with Crippen LogP contribution in [0.25, 0.3) is 0 Å². The molecule has 0 saturated carbocycles. The molecule has 0 aliphatic heterocycles. The highest BCUT2D eigenvalue weighted by molar-refractivity contribution is 5.98. The van der Waals surface area contributed by atoms with Gasteiger partial charge in [-0.2, -0.15) is 0 Å². The van der Waals surface area contributed by atoms with Crippen LogP contribution in [0.2, 0.25) is 0 Å². The molecule has 0 radical (unpaired) electrons. The van der Waals surface area contributed by atoms with Crippen molar-refractivity contribution in [1.82, 2.24) is 0 Å². The number of nitrogen functional groups attached to an aromatic ring is 1. The molecule has 0 unspecified atom stereocenters. The Morgan fingerprint density at radius 3 is 2.42 bits per heavy atom. The number of anilines is 1. The van der Waals surface area contributed by atoms with Crippen molar-refractivity contribution in [3.05, 3.63) is 65.0 Å². The molecular formula is C14H10F3NO. The van der Waals surface area contributed by atoms with Gasteiger partial charge < -0.3 is 5.73 Å². The van der Waals surface area contributed by atoms with E-state index in [1.165, 1.54) is 12.1 Å². The monoisotopic (exact) mass is 265 g/mol. The van der Waals surface area contributed by atoms with E-state index in [9.17, 15) is 18.0 Å². The van der Waals surface area contributed by atoms with Crippen molar-refractivity contribution in [2.24, 2.45) is 0 Å². The second kappa shape index (κ2) is 5.14. The molecule has 2 N–H and O–H groups in total. The van der Waals surface area contributed by atoms with E-state index >= 15 is 0 Å². The fourth-order valence-electron chi connectivity index (χ4n) is 1.69. The van der Waals surface area contributed by atoms with E-state index in [1.54, 1.807) is 0 Å². The number of carbonyl (C=O) groups excluding carboxylic acids is 1. The van der Waals surface area contributed by atoms with Crippen LogP contribution in [0.15, 0.2) is 36.4 Å². The zero-order valence-electron chi connectivity index (χ0n) is 9.79. The van der Waals surface area contributed by atoms with Gasteiger partial charge in [0, 0.05) is 18.2 Å². The fraction of sp³-hybridized carbons (Fsp3) is 0.0714. The van der Waals surface area contributed by atoms with E-state index in [4.69, 9.17) is 5.73 Å². The molecule has 2 rings (SSSR count). The van der Waals surface area contributed by atoms with Gasteiger partial charge in [0.15, 0.2) is 5.78 Å². The summed E-state index contributed by atoms with van der Waals surface area (Å²) in [5.74, 6) is -2.90. The van der Waals surface area contributed by atoms with Crippen LogP contribution in [0.4, 0.5) is 18.9 Å². The molecule has 2 aromatic carbocycles. The maximum absolute atomic E-state index is 13.5. The van der Waals surface area contributed by atoms with E-state index in [2.05, 4.69) is 0 Å². The van der Waals surface area contributed by atoms with Crippen LogP contribution in [-0.2, 0) is 6.42 Å². The molecule has 0 heterocycles. The smallest absolute Gasteiger partial charge is 0.170 e. The van der Waals surface area contributed by atoms with Crippen molar-refractivity contribution in [1.29, 1.82) is 0 Å². The predicted molar refractivity (Wildman–Crippen MR) is 65.2 cm³/mol. The number of ketones is 1. The first kappa shape index (κ1) is 13.1. The lowest BCUT2D eigenvalue weighted by atomic mass is 10.0. The van der Waals surface area contributed by atoms with Gasteiger partial charge in [-0.05, 0) is 29.8 Å². The first-order chi connectivity index (χ1) is 8.97. The van der Waals surface area contributed by atoms with Crippen LogP contribution < -0.4 is 5.73 Å². The molecule has 2 nitrogen and oxygen atoms in total. The third-order valence-electron chi connectivity index (χ3n) is 2.66. The van der Waals surface area contributed by atoms with Gasteiger partial charge in [-0.1, -0.05) is 6.07 Å². The highest BCUT2D eigenvalue weighted by atomic mass is 19.1. The largest absolute Gasteiger partial charge is 0.399 e. The quantitative estimate of drug-likeness (QED) is 0.684.